The number of nitrogens with one attached hydrogen (secondary N) is 3. The van der Waals surface area contributed by atoms with Crippen LogP contribution in [0.15, 0.2) is 6.33 Å². The summed E-state index contributed by atoms with van der Waals surface area (Å²) in [7, 11) is 0. The van der Waals surface area contributed by atoms with Gasteiger partial charge in [0.05, 0.1) is 6.33 Å². The summed E-state index contributed by atoms with van der Waals surface area (Å²) in [5, 5.41) is 9.35. The van der Waals surface area contributed by atoms with E-state index in [0.717, 1.165) is 18.7 Å². The van der Waals surface area contributed by atoms with Gasteiger partial charge in [0.1, 0.15) is 11.3 Å². The molecule has 0 bridgehead atoms. The van der Waals surface area contributed by atoms with Crippen LogP contribution in [0.25, 0.3) is 11.2 Å². The molecule has 1 aliphatic carbocycles. The molecule has 0 radical (unpaired) electrons. The second-order valence-electron chi connectivity index (χ2n) is 4.71. The molecule has 9 nitrogen and oxygen atoms in total. The summed E-state index contributed by atoms with van der Waals surface area (Å²) in [6, 6.07) is 0. The summed E-state index contributed by atoms with van der Waals surface area (Å²) in [6.07, 6.45) is 3.60. The first-order chi connectivity index (χ1) is 10.2. The first-order valence-electron chi connectivity index (χ1n) is 6.31. The van der Waals surface area contributed by atoms with Gasteiger partial charge in [-0.1, -0.05) is 11.6 Å². The number of imidazole rings is 1. The van der Waals surface area contributed by atoms with Crippen molar-refractivity contribution in [2.75, 3.05) is 5.32 Å². The van der Waals surface area contributed by atoms with E-state index in [0.29, 0.717) is 17.1 Å². The van der Waals surface area contributed by atoms with Gasteiger partial charge in [-0.05, 0) is 12.8 Å². The van der Waals surface area contributed by atoms with Gasteiger partial charge in [0.15, 0.2) is 10.8 Å². The average molecular weight is 305 g/mol. The highest BCUT2D eigenvalue weighted by molar-refractivity contribution is 6.33. The number of anilines is 1. The van der Waals surface area contributed by atoms with Gasteiger partial charge in [-0.3, -0.25) is 15.2 Å². The monoisotopic (exact) mass is 304 g/mol. The summed E-state index contributed by atoms with van der Waals surface area (Å²) in [6.45, 7) is 0. The van der Waals surface area contributed by atoms with Gasteiger partial charge >= 0.3 is 0 Å². The van der Waals surface area contributed by atoms with Crippen molar-refractivity contribution < 1.29 is 4.79 Å². The third-order valence-corrected chi connectivity index (χ3v) is 3.41. The Bertz CT molecular complexity index is 836. The van der Waals surface area contributed by atoms with Crippen molar-refractivity contribution in [3.63, 3.8) is 0 Å². The third-order valence-electron chi connectivity index (χ3n) is 3.14. The van der Waals surface area contributed by atoms with E-state index in [4.69, 9.17) is 11.6 Å². The normalized spacial score (nSPS) is 14.5. The van der Waals surface area contributed by atoms with Crippen LogP contribution in [-0.4, -0.2) is 41.0 Å². The summed E-state index contributed by atoms with van der Waals surface area (Å²) < 4.78 is 0. The predicted octanol–water partition coefficient (Wildman–Crippen LogP) is 1.25. The quantitative estimate of drug-likeness (QED) is 0.625. The number of halogens is 1. The van der Waals surface area contributed by atoms with Crippen LogP contribution in [0.1, 0.15) is 35.2 Å². The molecule has 4 rings (SSSR count). The van der Waals surface area contributed by atoms with Crippen molar-refractivity contribution in [1.82, 2.24) is 35.1 Å². The van der Waals surface area contributed by atoms with Crippen LogP contribution in [0.3, 0.4) is 0 Å². The molecule has 21 heavy (non-hydrogen) atoms. The second-order valence-corrected chi connectivity index (χ2v) is 5.07. The van der Waals surface area contributed by atoms with Gasteiger partial charge in [-0.25, -0.2) is 9.97 Å². The maximum absolute atomic E-state index is 12.0. The fourth-order valence-corrected chi connectivity index (χ4v) is 2.15. The van der Waals surface area contributed by atoms with Crippen molar-refractivity contribution in [2.24, 2.45) is 0 Å². The van der Waals surface area contributed by atoms with Crippen molar-refractivity contribution in [2.45, 2.75) is 18.8 Å². The van der Waals surface area contributed by atoms with E-state index in [2.05, 4.69) is 40.4 Å². The highest BCUT2D eigenvalue weighted by atomic mass is 35.5. The van der Waals surface area contributed by atoms with E-state index in [1.165, 1.54) is 6.33 Å². The molecule has 3 aromatic heterocycles. The molecule has 0 aromatic carbocycles. The molecule has 1 amide bonds. The second kappa shape index (κ2) is 4.48. The Morgan fingerprint density at radius 2 is 2.19 bits per heavy atom. The number of rotatable bonds is 3. The number of H-pyrrole nitrogens is 2. The van der Waals surface area contributed by atoms with Crippen LogP contribution in [0.2, 0.25) is 5.15 Å². The van der Waals surface area contributed by atoms with E-state index in [1.807, 2.05) is 0 Å². The molecular weight excluding hydrogens is 296 g/mol. The van der Waals surface area contributed by atoms with Gasteiger partial charge in [-0.2, -0.15) is 9.97 Å². The summed E-state index contributed by atoms with van der Waals surface area (Å²) >= 11 is 5.98. The van der Waals surface area contributed by atoms with Crippen LogP contribution >= 0.6 is 11.6 Å². The zero-order chi connectivity index (χ0) is 14.4. The lowest BCUT2D eigenvalue weighted by Crippen LogP contribution is -2.16. The minimum atomic E-state index is -0.496. The third kappa shape index (κ3) is 2.21. The molecule has 1 saturated carbocycles. The zero-order valence-electron chi connectivity index (χ0n) is 10.6. The topological polar surface area (TPSA) is 125 Å². The van der Waals surface area contributed by atoms with Gasteiger partial charge in [0.2, 0.25) is 11.8 Å². The highest BCUT2D eigenvalue weighted by Crippen LogP contribution is 2.37. The van der Waals surface area contributed by atoms with Crippen LogP contribution in [0.5, 0.6) is 0 Å². The summed E-state index contributed by atoms with van der Waals surface area (Å²) in [5.41, 5.74) is 0.891. The fraction of sp³-hybridized carbons (Fsp3) is 0.273. The van der Waals surface area contributed by atoms with Crippen molar-refractivity contribution in [3.05, 3.63) is 23.1 Å². The number of carbonyl (C=O) groups excluding carboxylic acids is 1. The van der Waals surface area contributed by atoms with E-state index in [-0.39, 0.29) is 16.9 Å². The van der Waals surface area contributed by atoms with Crippen LogP contribution < -0.4 is 5.32 Å². The molecule has 0 spiro atoms. The van der Waals surface area contributed by atoms with Gasteiger partial charge in [0, 0.05) is 5.92 Å². The lowest BCUT2D eigenvalue weighted by Gasteiger charge is -2.01. The Morgan fingerprint density at radius 1 is 1.33 bits per heavy atom. The van der Waals surface area contributed by atoms with Crippen molar-refractivity contribution in [1.29, 1.82) is 0 Å². The molecule has 0 atom stereocenters. The minimum absolute atomic E-state index is 0.0544. The maximum atomic E-state index is 12.0. The zero-order valence-corrected chi connectivity index (χ0v) is 11.3. The molecule has 0 unspecified atom stereocenters. The Balaban J connectivity index is 1.59. The lowest BCUT2D eigenvalue weighted by molar-refractivity contribution is 0.101. The lowest BCUT2D eigenvalue weighted by atomic mass is 10.4. The maximum Gasteiger partial charge on any atom is 0.297 e. The molecular formula is C11H9ClN8O. The average Bonchev–Trinajstić information content (AvgIpc) is 3.01. The summed E-state index contributed by atoms with van der Waals surface area (Å²) in [4.78, 5) is 31.0. The molecule has 3 N–H and O–H groups in total. The van der Waals surface area contributed by atoms with E-state index in [1.54, 1.807) is 0 Å². The van der Waals surface area contributed by atoms with Crippen LogP contribution in [0.4, 0.5) is 5.95 Å². The minimum Gasteiger partial charge on any atom is -0.341 e. The Kier molecular flexibility index (Phi) is 2.61. The van der Waals surface area contributed by atoms with Crippen molar-refractivity contribution in [3.8, 4) is 0 Å². The molecule has 1 aliphatic rings. The number of fused-ring (bicyclic) bond motifs is 1. The Labute approximate surface area is 122 Å². The number of amides is 1. The van der Waals surface area contributed by atoms with E-state index >= 15 is 0 Å². The Hall–Kier alpha value is -2.55. The van der Waals surface area contributed by atoms with Gasteiger partial charge < -0.3 is 4.98 Å². The summed E-state index contributed by atoms with van der Waals surface area (Å²) in [5.74, 6) is 0.747. The molecule has 0 saturated heterocycles. The number of hydrogen-bond acceptors (Lipinski definition) is 6. The molecule has 3 aromatic rings. The van der Waals surface area contributed by atoms with Gasteiger partial charge in [-0.15, -0.1) is 5.10 Å². The first kappa shape index (κ1) is 12.2. The number of carbonyl (C=O) groups is 1. The largest absolute Gasteiger partial charge is 0.341 e. The molecule has 3 heterocycles. The molecule has 0 aliphatic heterocycles. The molecule has 10 heteroatoms. The van der Waals surface area contributed by atoms with Crippen LogP contribution in [-0.2, 0) is 0 Å². The van der Waals surface area contributed by atoms with E-state index in [9.17, 15) is 4.79 Å². The number of aromatic amines is 2. The predicted molar refractivity (Wildman–Crippen MR) is 73.0 cm³/mol. The Morgan fingerprint density at radius 3 is 3.00 bits per heavy atom. The standard InChI is InChI=1S/C11H9ClN8O/c12-6-5-8(14-3-13-5)17-11(15-6)18-10(21)9-16-7(19-20-9)4-1-2-4/h3-4H,1-2H2,(H,16,19,20)(H2,13,14,15,17,18,21). The number of nitrogens with zero attached hydrogens (tertiary/aromatic N) is 5. The molecule has 106 valence electrons. The van der Waals surface area contributed by atoms with E-state index < -0.39 is 5.91 Å². The number of aromatic nitrogens is 7. The molecule has 1 fully saturated rings. The SMILES string of the molecule is O=C(Nc1nc(Cl)c2[nH]cnc2n1)c1n[nH]c(C2CC2)n1. The smallest absolute Gasteiger partial charge is 0.297 e. The highest BCUT2D eigenvalue weighted by Gasteiger charge is 2.28. The van der Waals surface area contributed by atoms with Crippen molar-refractivity contribution >= 4 is 34.6 Å². The van der Waals surface area contributed by atoms with Gasteiger partial charge in [0.25, 0.3) is 5.91 Å². The first-order valence-corrected chi connectivity index (χ1v) is 6.69. The van der Waals surface area contributed by atoms with Crippen LogP contribution in [0, 0.1) is 0 Å². The fourth-order valence-electron chi connectivity index (χ4n) is 1.93. The number of hydrogen-bond donors (Lipinski definition) is 3.